The highest BCUT2D eigenvalue weighted by atomic mass is 17.1. The monoisotopic (exact) mass is 334 g/mol. The Bertz CT molecular complexity index is 588. The Morgan fingerprint density at radius 2 is 2.04 bits per heavy atom. The van der Waals surface area contributed by atoms with Gasteiger partial charge in [-0.05, 0) is 75.4 Å². The molecule has 24 heavy (non-hydrogen) atoms. The van der Waals surface area contributed by atoms with Crippen molar-refractivity contribution < 1.29 is 19.7 Å². The van der Waals surface area contributed by atoms with Gasteiger partial charge in [-0.1, -0.05) is 19.1 Å². The molecular weight excluding hydrogens is 304 g/mol. The molecule has 4 heteroatoms. The number of ether oxygens (including phenoxy) is 1. The molecular formula is C20H30O4. The molecule has 2 aliphatic carbocycles. The molecule has 1 saturated heterocycles. The summed E-state index contributed by atoms with van der Waals surface area (Å²) in [5, 5.41) is 9.25. The van der Waals surface area contributed by atoms with Crippen LogP contribution in [0.15, 0.2) is 23.3 Å². The maximum absolute atomic E-state index is 12.7. The van der Waals surface area contributed by atoms with Crippen LogP contribution < -0.4 is 0 Å². The van der Waals surface area contributed by atoms with Crippen LogP contribution in [0.25, 0.3) is 0 Å². The van der Waals surface area contributed by atoms with Gasteiger partial charge in [-0.25, -0.2) is 4.89 Å². The van der Waals surface area contributed by atoms with Gasteiger partial charge in [0.15, 0.2) is 5.78 Å². The van der Waals surface area contributed by atoms with Crippen molar-refractivity contribution in [1.82, 2.24) is 0 Å². The highest BCUT2D eigenvalue weighted by molar-refractivity contribution is 5.99. The first-order valence-electron chi connectivity index (χ1n) is 9.06. The average molecular weight is 334 g/mol. The van der Waals surface area contributed by atoms with Gasteiger partial charge in [-0.15, -0.1) is 0 Å². The summed E-state index contributed by atoms with van der Waals surface area (Å²) in [7, 11) is 0. The summed E-state index contributed by atoms with van der Waals surface area (Å²) in [5.74, 6) is 0.528. The minimum atomic E-state index is -0.344. The molecule has 1 aliphatic heterocycles. The van der Waals surface area contributed by atoms with Crippen molar-refractivity contribution in [2.45, 2.75) is 84.0 Å². The molecule has 3 rings (SSSR count). The molecule has 3 fully saturated rings. The van der Waals surface area contributed by atoms with Gasteiger partial charge in [-0.3, -0.25) is 10.1 Å². The molecule has 0 radical (unpaired) electrons. The zero-order valence-corrected chi connectivity index (χ0v) is 15.4. The third kappa shape index (κ3) is 3.00. The van der Waals surface area contributed by atoms with Crippen molar-refractivity contribution in [3.63, 3.8) is 0 Å². The van der Waals surface area contributed by atoms with Gasteiger partial charge in [0.1, 0.15) is 6.10 Å². The zero-order valence-electron chi connectivity index (χ0n) is 15.4. The topological polar surface area (TPSA) is 59.1 Å². The van der Waals surface area contributed by atoms with E-state index in [4.69, 9.17) is 4.74 Å². The fourth-order valence-corrected chi connectivity index (χ4v) is 4.89. The number of fused-ring (bicyclic) bond motifs is 2. The molecule has 1 N–H and O–H groups in total. The van der Waals surface area contributed by atoms with Crippen LogP contribution in [0.1, 0.15) is 66.2 Å². The van der Waals surface area contributed by atoms with E-state index in [9.17, 15) is 10.1 Å². The van der Waals surface area contributed by atoms with Gasteiger partial charge in [0.25, 0.3) is 0 Å². The Morgan fingerprint density at radius 3 is 2.67 bits per heavy atom. The summed E-state index contributed by atoms with van der Waals surface area (Å²) in [5.41, 5.74) is 2.84. The largest absolute Gasteiger partial charge is 0.366 e. The fraction of sp³-hybridized carbons (Fsp3) is 0.750. The molecule has 0 spiro atoms. The third-order valence-electron chi connectivity index (χ3n) is 6.52. The van der Waals surface area contributed by atoms with E-state index in [0.717, 1.165) is 48.8 Å². The van der Waals surface area contributed by atoms with E-state index in [-0.39, 0.29) is 29.1 Å². The lowest BCUT2D eigenvalue weighted by Crippen LogP contribution is -2.26. The van der Waals surface area contributed by atoms with Gasteiger partial charge >= 0.3 is 0 Å². The Kier molecular flexibility index (Phi) is 4.52. The number of allylic oxidation sites excluding steroid dienone is 2. The minimum Gasteiger partial charge on any atom is -0.366 e. The summed E-state index contributed by atoms with van der Waals surface area (Å²) in [4.78, 5) is 17.4. The predicted molar refractivity (Wildman–Crippen MR) is 92.6 cm³/mol. The number of carbonyl (C=O) groups excluding carboxylic acids is 1. The van der Waals surface area contributed by atoms with Gasteiger partial charge in [-0.2, -0.15) is 0 Å². The Labute approximate surface area is 144 Å². The summed E-state index contributed by atoms with van der Waals surface area (Å²) in [6.07, 6.45) is 4.60. The molecule has 0 aromatic heterocycles. The number of rotatable bonds is 1. The predicted octanol–water partition coefficient (Wildman–Crippen LogP) is 4.45. The van der Waals surface area contributed by atoms with Crippen LogP contribution in [-0.2, 0) is 14.4 Å². The van der Waals surface area contributed by atoms with E-state index in [1.54, 1.807) is 0 Å². The second-order valence-corrected chi connectivity index (χ2v) is 8.67. The van der Waals surface area contributed by atoms with E-state index in [1.807, 2.05) is 13.8 Å². The summed E-state index contributed by atoms with van der Waals surface area (Å²) >= 11 is 0. The number of Topliss-reactive ketones (excluding diaryl/α,β-unsaturated/α-hetero) is 1. The Balaban J connectivity index is 1.94. The van der Waals surface area contributed by atoms with E-state index >= 15 is 0 Å². The summed E-state index contributed by atoms with van der Waals surface area (Å²) < 4.78 is 6.02. The first-order chi connectivity index (χ1) is 11.2. The first kappa shape index (κ1) is 17.8. The normalized spacial score (nSPS) is 43.0. The van der Waals surface area contributed by atoms with Crippen molar-refractivity contribution in [2.75, 3.05) is 0 Å². The van der Waals surface area contributed by atoms with Crippen molar-refractivity contribution in [2.24, 2.45) is 11.3 Å². The summed E-state index contributed by atoms with van der Waals surface area (Å²) in [6, 6.07) is 0. The van der Waals surface area contributed by atoms with E-state index in [2.05, 4.69) is 25.3 Å². The van der Waals surface area contributed by atoms with Crippen molar-refractivity contribution >= 4 is 5.78 Å². The van der Waals surface area contributed by atoms with E-state index in [0.29, 0.717) is 12.2 Å². The lowest BCUT2D eigenvalue weighted by Gasteiger charge is -2.32. The number of hydrogen-bond acceptors (Lipinski definition) is 4. The second kappa shape index (κ2) is 6.08. The maximum Gasteiger partial charge on any atom is 0.159 e. The van der Waals surface area contributed by atoms with E-state index < -0.39 is 0 Å². The second-order valence-electron chi connectivity index (χ2n) is 8.67. The van der Waals surface area contributed by atoms with Crippen LogP contribution in [0.5, 0.6) is 0 Å². The molecule has 1 heterocycles. The number of carbonyl (C=O) groups is 1. The molecule has 0 bridgehead atoms. The molecule has 5 atom stereocenters. The van der Waals surface area contributed by atoms with Crippen molar-refractivity contribution in [1.29, 1.82) is 0 Å². The lowest BCUT2D eigenvalue weighted by molar-refractivity contribution is -0.270. The van der Waals surface area contributed by atoms with Crippen molar-refractivity contribution in [3.8, 4) is 0 Å². The van der Waals surface area contributed by atoms with Crippen LogP contribution in [0.2, 0.25) is 0 Å². The molecule has 4 nitrogen and oxygen atoms in total. The Hall–Kier alpha value is -0.970. The minimum absolute atomic E-state index is 0.0493. The van der Waals surface area contributed by atoms with Crippen molar-refractivity contribution in [3.05, 3.63) is 23.3 Å². The maximum atomic E-state index is 12.7. The zero-order chi connectivity index (χ0) is 17.7. The average Bonchev–Trinajstić information content (AvgIpc) is 3.02. The van der Waals surface area contributed by atoms with Crippen LogP contribution in [0.3, 0.4) is 0 Å². The van der Waals surface area contributed by atoms with Gasteiger partial charge in [0, 0.05) is 6.42 Å². The lowest BCUT2D eigenvalue weighted by atomic mass is 9.71. The molecule has 134 valence electrons. The van der Waals surface area contributed by atoms with Gasteiger partial charge < -0.3 is 4.74 Å². The van der Waals surface area contributed by atoms with Crippen LogP contribution in [0, 0.1) is 11.3 Å². The number of ketones is 1. The highest BCUT2D eigenvalue weighted by Crippen LogP contribution is 2.56. The smallest absolute Gasteiger partial charge is 0.159 e. The Morgan fingerprint density at radius 1 is 1.33 bits per heavy atom. The number of hydrogen-bond donors (Lipinski definition) is 1. The quantitative estimate of drug-likeness (QED) is 0.253. The number of epoxide rings is 1. The molecule has 0 aromatic rings. The van der Waals surface area contributed by atoms with Gasteiger partial charge in [0.2, 0.25) is 0 Å². The van der Waals surface area contributed by atoms with E-state index in [1.165, 1.54) is 0 Å². The molecule has 3 aliphatic rings. The molecule has 0 amide bonds. The SMILES string of the molecule is C=C1CCC2C(=C(C)C)C(=O)C[C@@]2(C)C[C@H]2OC2(C)CC[C@H]1OO. The van der Waals surface area contributed by atoms with Crippen LogP contribution >= 0.6 is 0 Å². The molecule has 2 saturated carbocycles. The van der Waals surface area contributed by atoms with Gasteiger partial charge in [0.05, 0.1) is 11.7 Å². The summed E-state index contributed by atoms with van der Waals surface area (Å²) in [6.45, 7) is 12.6. The molecule has 2 unspecified atom stereocenters. The first-order valence-corrected chi connectivity index (χ1v) is 9.06. The third-order valence-corrected chi connectivity index (χ3v) is 6.52. The van der Waals surface area contributed by atoms with Crippen LogP contribution in [0.4, 0.5) is 0 Å². The fourth-order valence-electron chi connectivity index (χ4n) is 4.89. The molecule has 0 aromatic carbocycles. The highest BCUT2D eigenvalue weighted by Gasteiger charge is 2.58. The standard InChI is InChI=1S/C20H30O4/c1-12(2)18-14-7-6-13(3)16(24-22)8-9-20(5)17(23-20)11-19(14,4)10-15(18)21/h14,16-17,22H,3,6-11H2,1-2,4-5H3/t14?,16-,17-,19+,20?/m1/s1. The van der Waals surface area contributed by atoms with Crippen LogP contribution in [-0.4, -0.2) is 28.8 Å².